The first-order valence-corrected chi connectivity index (χ1v) is 14.5. The molecule has 5 heteroatoms. The SMILES string of the molecule is [2H]c1c([2H])c([2H])c(-c2nc(-c3ccccc3)nc(-c3c([2H])c([2H])c4c(oc5c(-c6ccc7sc8ccccc8c7c6)c([2H])c([2H])c([2H])c54)c3[2H])n2)c([2H])c1[2H]. The average molecular weight is 593 g/mol. The van der Waals surface area contributed by atoms with E-state index < -0.39 is 54.4 Å². The molecular formula is C39H23N3OS. The van der Waals surface area contributed by atoms with Gasteiger partial charge in [0.25, 0.3) is 0 Å². The van der Waals surface area contributed by atoms with E-state index in [1.165, 1.54) is 0 Å². The van der Waals surface area contributed by atoms with Gasteiger partial charge in [-0.3, -0.25) is 0 Å². The number of para-hydroxylation sites is 1. The Balaban J connectivity index is 1.34. The van der Waals surface area contributed by atoms with Gasteiger partial charge in [0.15, 0.2) is 17.5 Å². The molecule has 0 aliphatic heterocycles. The minimum Gasteiger partial charge on any atom is -0.455 e. The summed E-state index contributed by atoms with van der Waals surface area (Å²) in [6.07, 6.45) is 0. The highest BCUT2D eigenvalue weighted by molar-refractivity contribution is 7.25. The molecule has 0 spiro atoms. The Morgan fingerprint density at radius 1 is 0.523 bits per heavy atom. The fourth-order valence-corrected chi connectivity index (χ4v) is 6.38. The van der Waals surface area contributed by atoms with Crippen molar-refractivity contribution in [1.82, 2.24) is 15.0 Å². The summed E-state index contributed by atoms with van der Waals surface area (Å²) in [5.41, 5.74) is 0.450. The van der Waals surface area contributed by atoms with Crippen LogP contribution in [-0.2, 0) is 0 Å². The lowest BCUT2D eigenvalue weighted by molar-refractivity contribution is 0.670. The van der Waals surface area contributed by atoms with Crippen LogP contribution in [0.3, 0.4) is 0 Å². The average Bonchev–Trinajstić information content (AvgIpc) is 3.78. The first-order chi connectivity index (χ1) is 26.4. The second-order valence-electron chi connectivity index (χ2n) is 9.99. The van der Waals surface area contributed by atoms with Crippen molar-refractivity contribution < 1.29 is 19.5 Å². The molecule has 3 aromatic heterocycles. The van der Waals surface area contributed by atoms with Crippen molar-refractivity contribution in [2.24, 2.45) is 0 Å². The smallest absolute Gasteiger partial charge is 0.164 e. The number of aromatic nitrogens is 3. The van der Waals surface area contributed by atoms with Crippen molar-refractivity contribution in [2.45, 2.75) is 0 Å². The molecule has 0 radical (unpaired) electrons. The molecule has 0 saturated heterocycles. The molecular weight excluding hydrogens is 559 g/mol. The van der Waals surface area contributed by atoms with Crippen molar-refractivity contribution in [3.8, 4) is 45.3 Å². The van der Waals surface area contributed by atoms with Crippen molar-refractivity contribution in [3.05, 3.63) is 139 Å². The second kappa shape index (κ2) is 9.97. The van der Waals surface area contributed by atoms with Crippen LogP contribution < -0.4 is 0 Å². The highest BCUT2D eigenvalue weighted by atomic mass is 32.1. The fourth-order valence-electron chi connectivity index (χ4n) is 5.29. The van der Waals surface area contributed by atoms with Crippen LogP contribution in [0.2, 0.25) is 0 Å². The van der Waals surface area contributed by atoms with E-state index in [-0.39, 0.29) is 68.2 Å². The van der Waals surface area contributed by atoms with Gasteiger partial charge in [0.05, 0.1) is 15.1 Å². The van der Waals surface area contributed by atoms with Gasteiger partial charge in [-0.15, -0.1) is 11.3 Å². The monoisotopic (exact) mass is 592 g/mol. The highest BCUT2D eigenvalue weighted by Gasteiger charge is 2.17. The first-order valence-electron chi connectivity index (χ1n) is 19.1. The molecule has 0 bridgehead atoms. The number of thiophene rings is 1. The standard InChI is InChI=1S/C39H23N3OS/c1-3-10-24(11-4-1)37-40-38(25-12-5-2-6-13-25)42-39(41-37)27-18-20-29-31-16-9-15-28(36(31)43-33(29)23-27)26-19-21-35-32(22-26)30-14-7-8-17-34(30)44-35/h1-23H/i1D,3D,4D,9D,10D,11D,15D,16D,18D,20D,23D. The predicted octanol–water partition coefficient (Wildman–Crippen LogP) is 10.8. The number of rotatable bonds is 4. The van der Waals surface area contributed by atoms with Crippen LogP contribution in [0.25, 0.3) is 87.4 Å². The second-order valence-corrected chi connectivity index (χ2v) is 11.1. The zero-order valence-electron chi connectivity index (χ0n) is 33.6. The minimum atomic E-state index is -0.602. The summed E-state index contributed by atoms with van der Waals surface area (Å²) in [4.78, 5) is 13.5. The quantitative estimate of drug-likeness (QED) is 0.204. The largest absolute Gasteiger partial charge is 0.455 e. The van der Waals surface area contributed by atoms with Gasteiger partial charge >= 0.3 is 0 Å². The lowest BCUT2D eigenvalue weighted by Crippen LogP contribution is -2.00. The Morgan fingerprint density at radius 2 is 1.27 bits per heavy atom. The number of hydrogen-bond donors (Lipinski definition) is 0. The van der Waals surface area contributed by atoms with Gasteiger partial charge < -0.3 is 4.42 Å². The van der Waals surface area contributed by atoms with E-state index >= 15 is 0 Å². The maximum Gasteiger partial charge on any atom is 0.164 e. The third-order valence-electron chi connectivity index (χ3n) is 7.34. The van der Waals surface area contributed by atoms with Crippen LogP contribution in [0, 0.1) is 0 Å². The van der Waals surface area contributed by atoms with Crippen molar-refractivity contribution in [2.75, 3.05) is 0 Å². The summed E-state index contributed by atoms with van der Waals surface area (Å²) in [5.74, 6) is -0.571. The van der Waals surface area contributed by atoms with E-state index in [4.69, 9.17) is 15.4 Å². The number of benzene rings is 6. The number of nitrogens with zero attached hydrogens (tertiary/aromatic N) is 3. The summed E-state index contributed by atoms with van der Waals surface area (Å²) >= 11 is 1.62. The third kappa shape index (κ3) is 4.09. The zero-order valence-corrected chi connectivity index (χ0v) is 23.4. The number of fused-ring (bicyclic) bond motifs is 6. The van der Waals surface area contributed by atoms with E-state index in [2.05, 4.69) is 15.0 Å². The molecule has 0 saturated carbocycles. The van der Waals surface area contributed by atoms with Crippen LogP contribution in [0.4, 0.5) is 0 Å². The Kier molecular flexibility index (Phi) is 3.69. The molecule has 4 nitrogen and oxygen atoms in total. The maximum atomic E-state index is 9.40. The Hall–Kier alpha value is -5.65. The van der Waals surface area contributed by atoms with Crippen molar-refractivity contribution in [3.63, 3.8) is 0 Å². The molecule has 0 atom stereocenters. The van der Waals surface area contributed by atoms with Crippen LogP contribution >= 0.6 is 11.3 Å². The summed E-state index contributed by atoms with van der Waals surface area (Å²) in [6.45, 7) is 0. The number of hydrogen-bond acceptors (Lipinski definition) is 5. The van der Waals surface area contributed by atoms with Crippen molar-refractivity contribution >= 4 is 53.4 Å². The van der Waals surface area contributed by atoms with Crippen LogP contribution in [0.15, 0.2) is 144 Å². The van der Waals surface area contributed by atoms with Gasteiger partial charge in [-0.05, 0) is 35.8 Å². The van der Waals surface area contributed by atoms with Crippen LogP contribution in [-0.4, -0.2) is 15.0 Å². The van der Waals surface area contributed by atoms with Gasteiger partial charge in [0.1, 0.15) is 11.2 Å². The van der Waals surface area contributed by atoms with Gasteiger partial charge in [0, 0.05) is 53.2 Å². The number of furan rings is 1. The van der Waals surface area contributed by atoms with Crippen LogP contribution in [0.5, 0.6) is 0 Å². The summed E-state index contributed by atoms with van der Waals surface area (Å²) in [6, 6.07) is 16.8. The summed E-state index contributed by atoms with van der Waals surface area (Å²) < 4.78 is 105. The molecule has 0 fully saturated rings. The summed E-state index contributed by atoms with van der Waals surface area (Å²) in [7, 11) is 0. The summed E-state index contributed by atoms with van der Waals surface area (Å²) in [5, 5.41) is 1.90. The fraction of sp³-hybridized carbons (Fsp3) is 0. The van der Waals surface area contributed by atoms with E-state index in [0.717, 1.165) is 20.2 Å². The lowest BCUT2D eigenvalue weighted by atomic mass is 10.00. The first kappa shape index (κ1) is 16.3. The molecule has 0 N–H and O–H groups in total. The highest BCUT2D eigenvalue weighted by Crippen LogP contribution is 2.40. The molecule has 9 aromatic rings. The molecule has 9 rings (SSSR count). The van der Waals surface area contributed by atoms with Crippen molar-refractivity contribution in [1.29, 1.82) is 0 Å². The van der Waals surface area contributed by atoms with Gasteiger partial charge in [0.2, 0.25) is 0 Å². The normalized spacial score (nSPS) is 15.1. The van der Waals surface area contributed by atoms with Gasteiger partial charge in [-0.1, -0.05) is 109 Å². The van der Waals surface area contributed by atoms with Gasteiger partial charge in [-0.25, -0.2) is 15.0 Å². The molecule has 206 valence electrons. The Bertz CT molecular complexity index is 3100. The van der Waals surface area contributed by atoms with E-state index in [1.807, 2.05) is 42.5 Å². The van der Waals surface area contributed by atoms with Gasteiger partial charge in [-0.2, -0.15) is 0 Å². The predicted molar refractivity (Wildman–Crippen MR) is 182 cm³/mol. The molecule has 0 aliphatic carbocycles. The maximum absolute atomic E-state index is 9.40. The molecule has 0 amide bonds. The molecule has 0 aliphatic rings. The topological polar surface area (TPSA) is 51.8 Å². The van der Waals surface area contributed by atoms with E-state index in [0.29, 0.717) is 11.1 Å². The molecule has 6 aromatic carbocycles. The Morgan fingerprint density at radius 3 is 2.14 bits per heavy atom. The molecule has 44 heavy (non-hydrogen) atoms. The van der Waals surface area contributed by atoms with E-state index in [9.17, 15) is 4.11 Å². The van der Waals surface area contributed by atoms with Crippen LogP contribution in [0.1, 0.15) is 15.1 Å². The van der Waals surface area contributed by atoms with E-state index in [1.54, 1.807) is 41.7 Å². The minimum absolute atomic E-state index is 0.0128. The Labute approximate surface area is 272 Å². The lowest BCUT2D eigenvalue weighted by Gasteiger charge is -2.08. The molecule has 3 heterocycles. The zero-order chi connectivity index (χ0) is 38.6. The third-order valence-corrected chi connectivity index (χ3v) is 8.49. The molecule has 0 unspecified atom stereocenters.